The lowest BCUT2D eigenvalue weighted by atomic mass is 9.97. The van der Waals surface area contributed by atoms with Gasteiger partial charge in [0.1, 0.15) is 24.4 Å². The van der Waals surface area contributed by atoms with E-state index in [1.54, 1.807) is 41.5 Å². The summed E-state index contributed by atoms with van der Waals surface area (Å²) in [6, 6.07) is 0. The molecule has 0 radical (unpaired) electrons. The summed E-state index contributed by atoms with van der Waals surface area (Å²) in [4.78, 5) is 50.6. The molecule has 1 aliphatic rings. The normalized spacial score (nSPS) is 23.1. The van der Waals surface area contributed by atoms with Crippen LogP contribution < -0.4 is 11.2 Å². The maximum Gasteiger partial charge on any atom is 0.336 e. The summed E-state index contributed by atoms with van der Waals surface area (Å²) in [5, 5.41) is 19.9. The van der Waals surface area contributed by atoms with Crippen molar-refractivity contribution in [3.05, 3.63) is 32.6 Å². The number of rotatable bonds is 7. The average molecular weight is 487 g/mol. The monoisotopic (exact) mass is 486 g/mol. The van der Waals surface area contributed by atoms with Crippen LogP contribution in [0.1, 0.15) is 53.2 Å². The van der Waals surface area contributed by atoms with E-state index >= 15 is 0 Å². The van der Waals surface area contributed by atoms with E-state index in [4.69, 9.17) is 18.9 Å². The van der Waals surface area contributed by atoms with Crippen LogP contribution in [0.3, 0.4) is 0 Å². The van der Waals surface area contributed by atoms with E-state index in [1.165, 1.54) is 7.11 Å². The highest BCUT2D eigenvalue weighted by atomic mass is 16.6. The molecule has 192 valence electrons. The largest absolute Gasteiger partial charge is 0.443 e. The first-order valence-electron chi connectivity index (χ1n) is 10.8. The maximum atomic E-state index is 13.2. The fourth-order valence-electron chi connectivity index (χ4n) is 3.16. The Morgan fingerprint density at radius 3 is 2.03 bits per heavy atom. The lowest BCUT2D eigenvalue weighted by Gasteiger charge is -2.22. The Bertz CT molecular complexity index is 1010. The molecule has 0 bridgehead atoms. The Hall–Kier alpha value is -2.54. The number of esters is 2. The molecule has 1 aromatic rings. The second kappa shape index (κ2) is 10.4. The molecular formula is C22H34N2O10. The van der Waals surface area contributed by atoms with E-state index in [9.17, 15) is 29.4 Å². The summed E-state index contributed by atoms with van der Waals surface area (Å²) in [5.41, 5.74) is -3.56. The molecule has 0 spiro atoms. The smallest absolute Gasteiger partial charge is 0.336 e. The Balaban J connectivity index is 2.54. The first-order valence-corrected chi connectivity index (χ1v) is 10.8. The van der Waals surface area contributed by atoms with Gasteiger partial charge in [0.15, 0.2) is 13.5 Å². The van der Waals surface area contributed by atoms with Crippen LogP contribution >= 0.6 is 0 Å². The molecule has 0 saturated carbocycles. The number of carbonyl (C=O) groups excluding carboxylic acids is 2. The van der Waals surface area contributed by atoms with Gasteiger partial charge in [0.05, 0.1) is 23.0 Å². The van der Waals surface area contributed by atoms with Crippen LogP contribution in [0.2, 0.25) is 0 Å². The van der Waals surface area contributed by atoms with Crippen molar-refractivity contribution < 1.29 is 38.7 Å². The summed E-state index contributed by atoms with van der Waals surface area (Å²) in [7, 11) is 1.30. The number of aliphatic hydroxyl groups excluding tert-OH is 2. The first-order chi connectivity index (χ1) is 15.6. The number of hydrogen-bond acceptors (Lipinski definition) is 10. The minimum absolute atomic E-state index is 0.111. The zero-order valence-electron chi connectivity index (χ0n) is 20.6. The highest BCUT2D eigenvalue weighted by Gasteiger charge is 2.46. The van der Waals surface area contributed by atoms with Crippen LogP contribution in [-0.4, -0.2) is 63.3 Å². The maximum absolute atomic E-state index is 13.2. The van der Waals surface area contributed by atoms with Gasteiger partial charge in [0, 0.05) is 13.3 Å². The number of nitrogens with zero attached hydrogens (tertiary/aromatic N) is 2. The van der Waals surface area contributed by atoms with Crippen LogP contribution in [0.5, 0.6) is 0 Å². The van der Waals surface area contributed by atoms with Crippen LogP contribution in [0.15, 0.2) is 15.8 Å². The summed E-state index contributed by atoms with van der Waals surface area (Å²) in [6.07, 6.45) is -3.31. The molecule has 12 heteroatoms. The van der Waals surface area contributed by atoms with Crippen LogP contribution in [0.4, 0.5) is 0 Å². The molecule has 0 unspecified atom stereocenters. The number of ether oxygens (including phenoxy) is 4. The quantitative estimate of drug-likeness (QED) is 0.500. The lowest BCUT2D eigenvalue weighted by molar-refractivity contribution is -0.157. The third kappa shape index (κ3) is 5.93. The van der Waals surface area contributed by atoms with Crippen LogP contribution in [-0.2, 0) is 42.0 Å². The average Bonchev–Trinajstić information content (AvgIpc) is 3.06. The van der Waals surface area contributed by atoms with Gasteiger partial charge in [0.2, 0.25) is 0 Å². The standard InChI is InChI=1S/C22H34N2O10/c1-21(2,3)18(28)32-10-23-8-12(15-16(31-7)14(26)13(9-25)34-15)17(27)24(20(23)30)11-33-19(29)22(4,5)6/h8,13-16,25-26H,9-11H2,1-7H3/t13-,14-,15+,16-/m1/s1. The highest BCUT2D eigenvalue weighted by molar-refractivity contribution is 5.75. The predicted octanol–water partition coefficient (Wildman–Crippen LogP) is -0.0883. The van der Waals surface area contributed by atoms with E-state index in [2.05, 4.69) is 0 Å². The van der Waals surface area contributed by atoms with Gasteiger partial charge in [-0.2, -0.15) is 0 Å². The summed E-state index contributed by atoms with van der Waals surface area (Å²) < 4.78 is 22.9. The van der Waals surface area contributed by atoms with Crippen molar-refractivity contribution in [1.29, 1.82) is 0 Å². The molecule has 0 aliphatic carbocycles. The fourth-order valence-corrected chi connectivity index (χ4v) is 3.16. The molecule has 0 amide bonds. The van der Waals surface area contributed by atoms with Crippen molar-refractivity contribution in [3.63, 3.8) is 0 Å². The molecule has 0 aromatic carbocycles. The number of aliphatic hydroxyl groups is 2. The zero-order chi connectivity index (χ0) is 26.0. The van der Waals surface area contributed by atoms with Gasteiger partial charge < -0.3 is 29.2 Å². The predicted molar refractivity (Wildman–Crippen MR) is 118 cm³/mol. The van der Waals surface area contributed by atoms with Gasteiger partial charge in [-0.05, 0) is 41.5 Å². The number of aromatic nitrogens is 2. The topological polar surface area (TPSA) is 156 Å². The van der Waals surface area contributed by atoms with E-state index in [0.29, 0.717) is 4.57 Å². The zero-order valence-corrected chi connectivity index (χ0v) is 20.6. The molecule has 34 heavy (non-hydrogen) atoms. The van der Waals surface area contributed by atoms with Crippen molar-refractivity contribution >= 4 is 11.9 Å². The number of hydrogen-bond donors (Lipinski definition) is 2. The van der Waals surface area contributed by atoms with Crippen molar-refractivity contribution in [3.8, 4) is 0 Å². The lowest BCUT2D eigenvalue weighted by Crippen LogP contribution is -2.45. The Morgan fingerprint density at radius 2 is 1.56 bits per heavy atom. The van der Waals surface area contributed by atoms with Gasteiger partial charge in [-0.25, -0.2) is 9.36 Å². The van der Waals surface area contributed by atoms with Gasteiger partial charge in [-0.1, -0.05) is 0 Å². The van der Waals surface area contributed by atoms with Gasteiger partial charge >= 0.3 is 17.6 Å². The summed E-state index contributed by atoms with van der Waals surface area (Å²) in [6.45, 7) is 8.03. The number of carbonyl (C=O) groups is 2. The minimum atomic E-state index is -1.24. The SMILES string of the molecule is CO[C@@H]1[C@H](O)[C@@H](CO)O[C@H]1c1cn(COC(=O)C(C)(C)C)c(=O)n(COC(=O)C(C)(C)C)c1=O. The molecule has 2 heterocycles. The van der Waals surface area contributed by atoms with E-state index in [1.807, 2.05) is 0 Å². The Morgan fingerprint density at radius 1 is 1.03 bits per heavy atom. The van der Waals surface area contributed by atoms with Gasteiger partial charge in [-0.15, -0.1) is 0 Å². The summed E-state index contributed by atoms with van der Waals surface area (Å²) in [5.74, 6) is -1.22. The van der Waals surface area contributed by atoms with E-state index < -0.39 is 78.5 Å². The van der Waals surface area contributed by atoms with Crippen LogP contribution in [0, 0.1) is 10.8 Å². The van der Waals surface area contributed by atoms with E-state index in [-0.39, 0.29) is 5.56 Å². The van der Waals surface area contributed by atoms with Crippen molar-refractivity contribution in [2.75, 3.05) is 13.7 Å². The van der Waals surface area contributed by atoms with Crippen molar-refractivity contribution in [2.24, 2.45) is 10.8 Å². The molecular weight excluding hydrogens is 452 g/mol. The molecule has 2 rings (SSSR count). The third-order valence-corrected chi connectivity index (χ3v) is 5.24. The Labute approximate surface area is 197 Å². The van der Waals surface area contributed by atoms with Crippen LogP contribution in [0.25, 0.3) is 0 Å². The Kier molecular flexibility index (Phi) is 8.46. The molecule has 1 fully saturated rings. The van der Waals surface area contributed by atoms with Crippen molar-refractivity contribution in [2.45, 2.75) is 79.4 Å². The third-order valence-electron chi connectivity index (χ3n) is 5.24. The molecule has 1 aromatic heterocycles. The summed E-state index contributed by atoms with van der Waals surface area (Å²) >= 11 is 0. The molecule has 2 N–H and O–H groups in total. The molecule has 1 aliphatic heterocycles. The highest BCUT2D eigenvalue weighted by Crippen LogP contribution is 2.33. The first kappa shape index (κ1) is 27.7. The fraction of sp³-hybridized carbons (Fsp3) is 0.727. The number of methoxy groups -OCH3 is 1. The van der Waals surface area contributed by atoms with Gasteiger partial charge in [0.25, 0.3) is 5.56 Å². The second-order valence-electron chi connectivity index (χ2n) is 10.2. The van der Waals surface area contributed by atoms with Crippen molar-refractivity contribution in [1.82, 2.24) is 9.13 Å². The molecule has 1 saturated heterocycles. The molecule has 4 atom stereocenters. The molecule has 12 nitrogen and oxygen atoms in total. The van der Waals surface area contributed by atoms with E-state index in [0.717, 1.165) is 10.8 Å². The van der Waals surface area contributed by atoms with Gasteiger partial charge in [-0.3, -0.25) is 19.0 Å². The minimum Gasteiger partial charge on any atom is -0.443 e. The second-order valence-corrected chi connectivity index (χ2v) is 10.2.